The SMILES string of the molecule is CC/C=C\C/C=C\C/C=C\C/C=C\C/C=C\C/C=C\CCCCC(=O)OC(COC(=O)CCCCCCCCCCCCCCCCCC/C=C\C/C=C\C/C=C\CCCCCCC)COP(=O)(O)OCCN. The van der Waals surface area contributed by atoms with Gasteiger partial charge >= 0.3 is 19.8 Å². The molecule has 9 nitrogen and oxygen atoms in total. The number of hydrogen-bond donors (Lipinski definition) is 2. The fourth-order valence-corrected chi connectivity index (χ4v) is 8.59. The quantitative estimate of drug-likeness (QED) is 0.0264. The Morgan fingerprint density at radius 1 is 0.425 bits per heavy atom. The van der Waals surface area contributed by atoms with Crippen LogP contribution in [0.3, 0.4) is 0 Å². The second-order valence-corrected chi connectivity index (χ2v) is 20.6. The summed E-state index contributed by atoms with van der Waals surface area (Å²) in [6.07, 6.45) is 78.7. The third-order valence-electron chi connectivity index (χ3n) is 12.1. The van der Waals surface area contributed by atoms with Gasteiger partial charge in [-0.2, -0.15) is 0 Å². The molecular formula is C63H108NO8P. The van der Waals surface area contributed by atoms with Crippen molar-refractivity contribution in [3.63, 3.8) is 0 Å². The Morgan fingerprint density at radius 2 is 0.753 bits per heavy atom. The minimum atomic E-state index is -4.41. The van der Waals surface area contributed by atoms with Crippen molar-refractivity contribution >= 4 is 19.8 Å². The number of hydrogen-bond acceptors (Lipinski definition) is 8. The van der Waals surface area contributed by atoms with Crippen molar-refractivity contribution in [3.05, 3.63) is 109 Å². The molecule has 0 aromatic heterocycles. The second-order valence-electron chi connectivity index (χ2n) is 19.1. The minimum Gasteiger partial charge on any atom is -0.462 e. The summed E-state index contributed by atoms with van der Waals surface area (Å²) in [6, 6.07) is 0. The molecule has 0 aliphatic rings. The highest BCUT2D eigenvalue weighted by Gasteiger charge is 2.26. The Hall–Kier alpha value is -3.33. The molecule has 0 heterocycles. The van der Waals surface area contributed by atoms with Crippen LogP contribution in [0.5, 0.6) is 0 Å². The van der Waals surface area contributed by atoms with Gasteiger partial charge in [-0.1, -0.05) is 239 Å². The molecule has 0 rings (SSSR count). The molecule has 0 amide bonds. The molecule has 73 heavy (non-hydrogen) atoms. The molecular weight excluding hydrogens is 930 g/mol. The van der Waals surface area contributed by atoms with E-state index in [0.717, 1.165) is 83.5 Å². The van der Waals surface area contributed by atoms with Crippen molar-refractivity contribution in [2.75, 3.05) is 26.4 Å². The van der Waals surface area contributed by atoms with Gasteiger partial charge in [-0.25, -0.2) is 4.57 Å². The lowest BCUT2D eigenvalue weighted by molar-refractivity contribution is -0.161. The van der Waals surface area contributed by atoms with Gasteiger partial charge in [0.2, 0.25) is 0 Å². The highest BCUT2D eigenvalue weighted by atomic mass is 31.2. The van der Waals surface area contributed by atoms with E-state index in [1.54, 1.807) is 0 Å². The lowest BCUT2D eigenvalue weighted by atomic mass is 10.0. The molecule has 0 radical (unpaired) electrons. The fraction of sp³-hybridized carbons (Fsp3) is 0.683. The third-order valence-corrected chi connectivity index (χ3v) is 13.1. The summed E-state index contributed by atoms with van der Waals surface area (Å²) in [7, 11) is -4.41. The van der Waals surface area contributed by atoms with Crippen LogP contribution in [0.2, 0.25) is 0 Å². The first kappa shape index (κ1) is 69.7. The van der Waals surface area contributed by atoms with Crippen LogP contribution in [0, 0.1) is 0 Å². The Balaban J connectivity index is 4.01. The molecule has 10 heteroatoms. The van der Waals surface area contributed by atoms with Crippen molar-refractivity contribution in [1.29, 1.82) is 0 Å². The third kappa shape index (κ3) is 57.8. The summed E-state index contributed by atoms with van der Waals surface area (Å²) >= 11 is 0. The molecule has 0 aromatic carbocycles. The lowest BCUT2D eigenvalue weighted by Gasteiger charge is -2.19. The average Bonchev–Trinajstić information content (AvgIpc) is 3.38. The maximum absolute atomic E-state index is 12.7. The zero-order valence-electron chi connectivity index (χ0n) is 46.6. The lowest BCUT2D eigenvalue weighted by Crippen LogP contribution is -2.29. The predicted molar refractivity (Wildman–Crippen MR) is 311 cm³/mol. The number of rotatable bonds is 54. The van der Waals surface area contributed by atoms with Crippen LogP contribution >= 0.6 is 7.82 Å². The van der Waals surface area contributed by atoms with Crippen molar-refractivity contribution < 1.29 is 37.6 Å². The Bertz CT molecular complexity index is 1560. The standard InChI is InChI=1S/C63H108NO8P/c1-3-5-7-9-11-13-15-17-19-21-23-25-26-27-28-29-30-31-32-33-34-36-37-39-41-43-45-47-49-51-53-55-62(65)69-59-61(60-71-73(67,68)70-58-57-64)72-63(66)56-54-52-50-48-46-44-42-40-38-35-24-22-20-18-16-14-12-10-8-6-4-2/h6,8,12,14-15,17-18,20-21,23-24,26-27,35,40,42,46,48,61H,3-5,7,9-11,13,16,19,22,25,28-34,36-39,41,43-45,47,49-60,64H2,1-2H3,(H,67,68)/b8-6-,14-12-,17-15-,20-18-,23-21-,27-26-,35-24-,42-40-,48-46-. The van der Waals surface area contributed by atoms with Crippen LogP contribution in [0.4, 0.5) is 0 Å². The summed E-state index contributed by atoms with van der Waals surface area (Å²) in [6.45, 7) is 3.57. The Morgan fingerprint density at radius 3 is 1.15 bits per heavy atom. The van der Waals surface area contributed by atoms with E-state index in [0.29, 0.717) is 6.42 Å². The predicted octanol–water partition coefficient (Wildman–Crippen LogP) is 18.6. The molecule has 0 saturated carbocycles. The van der Waals surface area contributed by atoms with Gasteiger partial charge in [-0.15, -0.1) is 0 Å². The van der Waals surface area contributed by atoms with E-state index in [4.69, 9.17) is 24.3 Å². The topological polar surface area (TPSA) is 134 Å². The van der Waals surface area contributed by atoms with Crippen LogP contribution in [-0.2, 0) is 32.7 Å². The van der Waals surface area contributed by atoms with Crippen LogP contribution < -0.4 is 5.73 Å². The van der Waals surface area contributed by atoms with Crippen LogP contribution in [0.15, 0.2) is 109 Å². The summed E-state index contributed by atoms with van der Waals surface area (Å²) in [5.74, 6) is -0.881. The molecule has 0 fully saturated rings. The van der Waals surface area contributed by atoms with Crippen molar-refractivity contribution in [3.8, 4) is 0 Å². The van der Waals surface area contributed by atoms with E-state index in [1.165, 1.54) is 128 Å². The largest absolute Gasteiger partial charge is 0.472 e. The fourth-order valence-electron chi connectivity index (χ4n) is 7.82. The maximum atomic E-state index is 12.7. The van der Waals surface area contributed by atoms with Gasteiger partial charge in [0.1, 0.15) is 6.61 Å². The van der Waals surface area contributed by atoms with E-state index < -0.39 is 32.5 Å². The van der Waals surface area contributed by atoms with Gasteiger partial charge in [0.05, 0.1) is 13.2 Å². The van der Waals surface area contributed by atoms with Gasteiger partial charge in [0.15, 0.2) is 6.10 Å². The number of carbonyl (C=O) groups excluding carboxylic acids is 2. The highest BCUT2D eigenvalue weighted by molar-refractivity contribution is 7.47. The van der Waals surface area contributed by atoms with Crippen LogP contribution in [0.25, 0.3) is 0 Å². The molecule has 418 valence electrons. The molecule has 0 bridgehead atoms. The molecule has 0 aliphatic carbocycles. The molecule has 0 spiro atoms. The maximum Gasteiger partial charge on any atom is 0.472 e. The van der Waals surface area contributed by atoms with Gasteiger partial charge < -0.3 is 20.1 Å². The molecule has 2 unspecified atom stereocenters. The number of carbonyl (C=O) groups is 2. The first-order valence-corrected chi connectivity index (χ1v) is 30.9. The number of allylic oxidation sites excluding steroid dienone is 18. The van der Waals surface area contributed by atoms with Crippen molar-refractivity contribution in [2.45, 2.75) is 251 Å². The highest BCUT2D eigenvalue weighted by Crippen LogP contribution is 2.43. The summed E-state index contributed by atoms with van der Waals surface area (Å²) in [5.41, 5.74) is 5.38. The van der Waals surface area contributed by atoms with E-state index in [-0.39, 0.29) is 32.6 Å². The first-order valence-electron chi connectivity index (χ1n) is 29.4. The molecule has 2 atom stereocenters. The zero-order chi connectivity index (χ0) is 53.1. The number of esters is 2. The first-order chi connectivity index (χ1) is 35.8. The summed E-state index contributed by atoms with van der Waals surface area (Å²) in [5, 5.41) is 0. The van der Waals surface area contributed by atoms with Crippen molar-refractivity contribution in [1.82, 2.24) is 0 Å². The minimum absolute atomic E-state index is 0.0410. The smallest absolute Gasteiger partial charge is 0.462 e. The van der Waals surface area contributed by atoms with Crippen molar-refractivity contribution in [2.24, 2.45) is 5.73 Å². The van der Waals surface area contributed by atoms with E-state index in [2.05, 4.69) is 123 Å². The Labute approximate surface area is 448 Å². The molecule has 0 aromatic rings. The molecule has 3 N–H and O–H groups in total. The molecule has 0 saturated heterocycles. The number of ether oxygens (including phenoxy) is 2. The van der Waals surface area contributed by atoms with Gasteiger partial charge in [-0.3, -0.25) is 18.6 Å². The number of unbranched alkanes of at least 4 members (excludes halogenated alkanes) is 23. The molecule has 0 aliphatic heterocycles. The van der Waals surface area contributed by atoms with Crippen LogP contribution in [-0.4, -0.2) is 49.3 Å². The Kier molecular flexibility index (Phi) is 55.3. The van der Waals surface area contributed by atoms with E-state index in [9.17, 15) is 19.0 Å². The van der Waals surface area contributed by atoms with Gasteiger partial charge in [0.25, 0.3) is 0 Å². The van der Waals surface area contributed by atoms with E-state index in [1.807, 2.05) is 0 Å². The monoisotopic (exact) mass is 1040 g/mol. The normalized spacial score (nSPS) is 13.9. The van der Waals surface area contributed by atoms with Gasteiger partial charge in [0, 0.05) is 19.4 Å². The van der Waals surface area contributed by atoms with Gasteiger partial charge in [-0.05, 0) is 103 Å². The number of phosphoric acid groups is 1. The average molecular weight is 1040 g/mol. The summed E-state index contributed by atoms with van der Waals surface area (Å²) < 4.78 is 33.0. The summed E-state index contributed by atoms with van der Waals surface area (Å²) in [4.78, 5) is 35.2. The second kappa shape index (κ2) is 57.9. The number of nitrogens with two attached hydrogens (primary N) is 1. The van der Waals surface area contributed by atoms with E-state index >= 15 is 0 Å². The number of phosphoric ester groups is 1. The van der Waals surface area contributed by atoms with Crippen LogP contribution in [0.1, 0.15) is 245 Å². The zero-order valence-corrected chi connectivity index (χ0v) is 47.5.